The largest absolute Gasteiger partial charge is 0.444 e. The normalized spacial score (nSPS) is 12.4. The van der Waals surface area contributed by atoms with Crippen LogP contribution >= 0.6 is 0 Å². The van der Waals surface area contributed by atoms with Crippen LogP contribution in [0.15, 0.2) is 48.5 Å². The van der Waals surface area contributed by atoms with Crippen molar-refractivity contribution in [3.63, 3.8) is 0 Å². The fraction of sp³-hybridized carbons (Fsp3) is 0.286. The van der Waals surface area contributed by atoms with Gasteiger partial charge in [0.05, 0.1) is 17.1 Å². The number of H-pyrrole nitrogens is 1. The number of hydrogen-bond acceptors (Lipinski definition) is 4. The molecule has 0 radical (unpaired) electrons. The van der Waals surface area contributed by atoms with Gasteiger partial charge in [-0.25, -0.2) is 9.78 Å². The quantitative estimate of drug-likeness (QED) is 0.625. The second-order valence-corrected chi connectivity index (χ2v) is 7.54. The van der Waals surface area contributed by atoms with E-state index in [1.54, 1.807) is 45.0 Å². The zero-order chi connectivity index (χ0) is 20.3. The van der Waals surface area contributed by atoms with Gasteiger partial charge in [0.25, 0.3) is 5.91 Å². The number of ether oxygens (including phenoxy) is 1. The summed E-state index contributed by atoms with van der Waals surface area (Å²) in [7, 11) is 0. The number of para-hydroxylation sites is 2. The summed E-state index contributed by atoms with van der Waals surface area (Å²) in [6.07, 6.45) is -0.569. The number of aromatic amines is 1. The molecule has 0 aliphatic heterocycles. The molecule has 1 unspecified atom stereocenters. The third kappa shape index (κ3) is 4.88. The monoisotopic (exact) mass is 380 g/mol. The number of nitrogens with one attached hydrogen (secondary N) is 3. The van der Waals surface area contributed by atoms with Crippen molar-refractivity contribution in [2.75, 3.05) is 5.32 Å². The molecule has 0 saturated carbocycles. The molecule has 2 amide bonds. The number of rotatable bonds is 4. The van der Waals surface area contributed by atoms with Gasteiger partial charge in [-0.3, -0.25) is 10.1 Å². The van der Waals surface area contributed by atoms with Crippen molar-refractivity contribution < 1.29 is 14.3 Å². The Hall–Kier alpha value is -3.35. The number of carbonyl (C=O) groups excluding carboxylic acids is 2. The number of nitrogens with zero attached hydrogens (tertiary/aromatic N) is 1. The van der Waals surface area contributed by atoms with Crippen molar-refractivity contribution in [2.45, 2.75) is 39.3 Å². The van der Waals surface area contributed by atoms with E-state index in [4.69, 9.17) is 4.74 Å². The summed E-state index contributed by atoms with van der Waals surface area (Å²) in [4.78, 5) is 32.2. The molecule has 3 aromatic rings. The number of carbonyl (C=O) groups is 2. The molecule has 146 valence electrons. The number of benzene rings is 2. The average molecular weight is 380 g/mol. The molecule has 2 aromatic carbocycles. The van der Waals surface area contributed by atoms with Gasteiger partial charge in [0, 0.05) is 11.3 Å². The molecule has 0 saturated heterocycles. The van der Waals surface area contributed by atoms with Gasteiger partial charge in [0.2, 0.25) is 0 Å². The van der Waals surface area contributed by atoms with E-state index in [9.17, 15) is 9.59 Å². The van der Waals surface area contributed by atoms with Crippen LogP contribution in [0.2, 0.25) is 0 Å². The molecule has 0 bridgehead atoms. The highest BCUT2D eigenvalue weighted by atomic mass is 16.6. The van der Waals surface area contributed by atoms with Gasteiger partial charge in [-0.1, -0.05) is 18.2 Å². The van der Waals surface area contributed by atoms with Crippen LogP contribution in [0.4, 0.5) is 10.5 Å². The Morgan fingerprint density at radius 2 is 1.86 bits per heavy atom. The third-order valence-corrected chi connectivity index (χ3v) is 3.94. The molecule has 3 rings (SSSR count). The van der Waals surface area contributed by atoms with E-state index in [1.165, 1.54) is 0 Å². The van der Waals surface area contributed by atoms with E-state index in [0.29, 0.717) is 17.1 Å². The van der Waals surface area contributed by atoms with E-state index in [0.717, 1.165) is 11.0 Å². The molecule has 3 N–H and O–H groups in total. The summed E-state index contributed by atoms with van der Waals surface area (Å²) < 4.78 is 5.23. The molecular weight excluding hydrogens is 356 g/mol. The first-order valence-electron chi connectivity index (χ1n) is 9.07. The predicted molar refractivity (Wildman–Crippen MR) is 108 cm³/mol. The molecule has 1 atom stereocenters. The summed E-state index contributed by atoms with van der Waals surface area (Å²) in [5, 5.41) is 5.55. The fourth-order valence-corrected chi connectivity index (χ4v) is 2.69. The Bertz CT molecular complexity index is 971. The molecule has 7 heteroatoms. The van der Waals surface area contributed by atoms with E-state index >= 15 is 0 Å². The first-order valence-corrected chi connectivity index (χ1v) is 9.07. The third-order valence-electron chi connectivity index (χ3n) is 3.94. The highest BCUT2D eigenvalue weighted by Gasteiger charge is 2.18. The Kier molecular flexibility index (Phi) is 5.35. The van der Waals surface area contributed by atoms with Crippen molar-refractivity contribution in [3.8, 4) is 0 Å². The van der Waals surface area contributed by atoms with Gasteiger partial charge in [-0.2, -0.15) is 0 Å². The summed E-state index contributed by atoms with van der Waals surface area (Å²) in [5.41, 5.74) is 2.08. The van der Waals surface area contributed by atoms with Crippen LogP contribution < -0.4 is 10.6 Å². The zero-order valence-corrected chi connectivity index (χ0v) is 16.4. The smallest absolute Gasteiger partial charge is 0.412 e. The molecule has 7 nitrogen and oxygen atoms in total. The molecule has 1 aromatic heterocycles. The number of amides is 2. The van der Waals surface area contributed by atoms with Crippen LogP contribution in [0, 0.1) is 0 Å². The van der Waals surface area contributed by atoms with Crippen LogP contribution in [0.1, 0.15) is 49.9 Å². The van der Waals surface area contributed by atoms with E-state index in [1.807, 2.05) is 31.2 Å². The lowest BCUT2D eigenvalue weighted by atomic mass is 10.1. The van der Waals surface area contributed by atoms with Gasteiger partial charge in [-0.05, 0) is 58.0 Å². The molecular formula is C21H24N4O3. The van der Waals surface area contributed by atoms with Crippen LogP contribution in [-0.4, -0.2) is 27.6 Å². The SMILES string of the molecule is CC(NC(=O)c1cccc(NC(=O)OC(C)(C)C)c1)c1nc2ccccc2[nH]1. The topological polar surface area (TPSA) is 96.1 Å². The predicted octanol–water partition coefficient (Wildman–Crippen LogP) is 4.40. The van der Waals surface area contributed by atoms with Crippen molar-refractivity contribution in [2.24, 2.45) is 0 Å². The highest BCUT2D eigenvalue weighted by Crippen LogP contribution is 2.17. The summed E-state index contributed by atoms with van der Waals surface area (Å²) in [6.45, 7) is 7.22. The molecule has 0 aliphatic carbocycles. The zero-order valence-electron chi connectivity index (χ0n) is 16.4. The Morgan fingerprint density at radius 1 is 1.11 bits per heavy atom. The fourth-order valence-electron chi connectivity index (χ4n) is 2.69. The first kappa shape index (κ1) is 19.4. The molecule has 0 spiro atoms. The lowest BCUT2D eigenvalue weighted by Gasteiger charge is -2.19. The van der Waals surface area contributed by atoms with Crippen LogP contribution in [0.25, 0.3) is 11.0 Å². The Morgan fingerprint density at radius 3 is 2.57 bits per heavy atom. The van der Waals surface area contributed by atoms with E-state index in [-0.39, 0.29) is 11.9 Å². The van der Waals surface area contributed by atoms with Crippen molar-refractivity contribution in [1.82, 2.24) is 15.3 Å². The van der Waals surface area contributed by atoms with E-state index in [2.05, 4.69) is 20.6 Å². The highest BCUT2D eigenvalue weighted by molar-refractivity contribution is 5.96. The summed E-state index contributed by atoms with van der Waals surface area (Å²) >= 11 is 0. The number of fused-ring (bicyclic) bond motifs is 1. The van der Waals surface area contributed by atoms with Crippen LogP contribution in [0.5, 0.6) is 0 Å². The van der Waals surface area contributed by atoms with Crippen molar-refractivity contribution >= 4 is 28.7 Å². The lowest BCUT2D eigenvalue weighted by Crippen LogP contribution is -2.28. The Labute approximate surface area is 163 Å². The molecule has 28 heavy (non-hydrogen) atoms. The molecule has 0 fully saturated rings. The maximum Gasteiger partial charge on any atom is 0.412 e. The standard InChI is InChI=1S/C21H24N4O3/c1-13(18-24-16-10-5-6-11-17(16)25-18)22-19(26)14-8-7-9-15(12-14)23-20(27)28-21(2,3)4/h5-13H,1-4H3,(H,22,26)(H,23,27)(H,24,25). The maximum absolute atomic E-state index is 12.6. The summed E-state index contributed by atoms with van der Waals surface area (Å²) in [5.74, 6) is 0.415. The first-order chi connectivity index (χ1) is 13.2. The van der Waals surface area contributed by atoms with Gasteiger partial charge >= 0.3 is 6.09 Å². The number of imidazole rings is 1. The second-order valence-electron chi connectivity index (χ2n) is 7.54. The van der Waals surface area contributed by atoms with E-state index < -0.39 is 11.7 Å². The average Bonchev–Trinajstić information content (AvgIpc) is 3.04. The van der Waals surface area contributed by atoms with Gasteiger partial charge in [-0.15, -0.1) is 0 Å². The van der Waals surface area contributed by atoms with Crippen LogP contribution in [0.3, 0.4) is 0 Å². The number of aromatic nitrogens is 2. The minimum Gasteiger partial charge on any atom is -0.444 e. The molecule has 1 heterocycles. The summed E-state index contributed by atoms with van der Waals surface area (Å²) in [6, 6.07) is 14.1. The lowest BCUT2D eigenvalue weighted by molar-refractivity contribution is 0.0635. The minimum atomic E-state index is -0.596. The van der Waals surface area contributed by atoms with Gasteiger partial charge in [0.1, 0.15) is 11.4 Å². The minimum absolute atomic E-state index is 0.263. The molecule has 0 aliphatic rings. The number of anilines is 1. The van der Waals surface area contributed by atoms with Gasteiger partial charge < -0.3 is 15.0 Å². The maximum atomic E-state index is 12.6. The second kappa shape index (κ2) is 7.72. The number of hydrogen-bond donors (Lipinski definition) is 3. The van der Waals surface area contributed by atoms with Crippen molar-refractivity contribution in [3.05, 3.63) is 59.9 Å². The van der Waals surface area contributed by atoms with Crippen molar-refractivity contribution in [1.29, 1.82) is 0 Å². The Balaban J connectivity index is 1.67. The van der Waals surface area contributed by atoms with Gasteiger partial charge in [0.15, 0.2) is 0 Å². The van der Waals surface area contributed by atoms with Crippen LogP contribution in [-0.2, 0) is 4.74 Å².